The largest absolute Gasteiger partial charge is 0.383 e. The average molecular weight is 236 g/mol. The zero-order valence-corrected chi connectivity index (χ0v) is 9.77. The Morgan fingerprint density at radius 1 is 1.53 bits per heavy atom. The molecule has 0 bridgehead atoms. The average Bonchev–Trinajstić information content (AvgIpc) is 2.37. The summed E-state index contributed by atoms with van der Waals surface area (Å²) in [5, 5.41) is 13.3. The fraction of sp³-hybridized carbons (Fsp3) is 0.364. The van der Waals surface area contributed by atoms with Crippen LogP contribution in [0.25, 0.3) is 0 Å². The topological polar surface area (TPSA) is 76.1 Å². The standard InChI is InChI=1S/C11H16N4O2/c1-3-6-12-10-5-4-9(14-15-10)11(16)13-7-8-17-2/h3-5H,1,6-8H2,2H3,(H,12,15)(H,13,16). The summed E-state index contributed by atoms with van der Waals surface area (Å²) in [4.78, 5) is 11.5. The van der Waals surface area contributed by atoms with E-state index in [1.54, 1.807) is 25.3 Å². The first kappa shape index (κ1) is 13.1. The van der Waals surface area contributed by atoms with Gasteiger partial charge in [0.25, 0.3) is 5.91 Å². The molecule has 0 unspecified atom stereocenters. The smallest absolute Gasteiger partial charge is 0.271 e. The first-order valence-corrected chi connectivity index (χ1v) is 5.23. The van der Waals surface area contributed by atoms with Crippen molar-refractivity contribution in [3.05, 3.63) is 30.5 Å². The number of hydrogen-bond donors (Lipinski definition) is 2. The summed E-state index contributed by atoms with van der Waals surface area (Å²) in [6.07, 6.45) is 1.72. The zero-order valence-electron chi connectivity index (χ0n) is 9.77. The molecule has 1 aromatic rings. The lowest BCUT2D eigenvalue weighted by atomic mass is 10.3. The molecular weight excluding hydrogens is 220 g/mol. The molecule has 6 heteroatoms. The van der Waals surface area contributed by atoms with Crippen molar-refractivity contribution in [1.29, 1.82) is 0 Å². The van der Waals surface area contributed by atoms with E-state index in [2.05, 4.69) is 27.4 Å². The highest BCUT2D eigenvalue weighted by molar-refractivity contribution is 5.92. The van der Waals surface area contributed by atoms with Gasteiger partial charge >= 0.3 is 0 Å². The number of aromatic nitrogens is 2. The van der Waals surface area contributed by atoms with Crippen LogP contribution in [0.3, 0.4) is 0 Å². The summed E-state index contributed by atoms with van der Waals surface area (Å²) in [7, 11) is 1.58. The first-order valence-electron chi connectivity index (χ1n) is 5.23. The Kier molecular flexibility index (Phi) is 5.67. The molecule has 0 aromatic carbocycles. The van der Waals surface area contributed by atoms with Gasteiger partial charge in [0.2, 0.25) is 0 Å². The number of carbonyl (C=O) groups is 1. The van der Waals surface area contributed by atoms with E-state index in [1.165, 1.54) is 0 Å². The Balaban J connectivity index is 2.48. The van der Waals surface area contributed by atoms with Gasteiger partial charge in [-0.2, -0.15) is 0 Å². The molecule has 1 heterocycles. The van der Waals surface area contributed by atoms with Gasteiger partial charge in [0, 0.05) is 20.2 Å². The lowest BCUT2D eigenvalue weighted by Crippen LogP contribution is -2.27. The molecule has 0 saturated carbocycles. The number of nitrogens with one attached hydrogen (secondary N) is 2. The van der Waals surface area contributed by atoms with Crippen molar-refractivity contribution in [1.82, 2.24) is 15.5 Å². The molecule has 1 rings (SSSR count). The van der Waals surface area contributed by atoms with Crippen molar-refractivity contribution >= 4 is 11.7 Å². The number of methoxy groups -OCH3 is 1. The number of ether oxygens (including phenoxy) is 1. The van der Waals surface area contributed by atoms with Crippen LogP contribution in [0.1, 0.15) is 10.5 Å². The van der Waals surface area contributed by atoms with Crippen molar-refractivity contribution in [3.63, 3.8) is 0 Å². The van der Waals surface area contributed by atoms with Crippen molar-refractivity contribution < 1.29 is 9.53 Å². The van der Waals surface area contributed by atoms with Crippen molar-refractivity contribution in [2.75, 3.05) is 32.1 Å². The van der Waals surface area contributed by atoms with E-state index in [9.17, 15) is 4.79 Å². The Morgan fingerprint density at radius 2 is 2.35 bits per heavy atom. The molecule has 0 spiro atoms. The molecule has 2 N–H and O–H groups in total. The predicted octanol–water partition coefficient (Wildman–Crippen LogP) is 0.451. The van der Waals surface area contributed by atoms with E-state index in [-0.39, 0.29) is 11.6 Å². The third-order valence-electron chi connectivity index (χ3n) is 1.92. The third kappa shape index (κ3) is 4.60. The highest BCUT2D eigenvalue weighted by Gasteiger charge is 2.06. The van der Waals surface area contributed by atoms with Gasteiger partial charge in [0.05, 0.1) is 6.61 Å². The molecule has 0 atom stereocenters. The minimum absolute atomic E-state index is 0.259. The molecule has 0 aliphatic carbocycles. The molecule has 1 amide bonds. The van der Waals surface area contributed by atoms with E-state index in [0.717, 1.165) is 0 Å². The molecule has 0 radical (unpaired) electrons. The van der Waals surface area contributed by atoms with Crippen LogP contribution in [0, 0.1) is 0 Å². The summed E-state index contributed by atoms with van der Waals surface area (Å²) in [6, 6.07) is 3.31. The molecule has 1 aromatic heterocycles. The summed E-state index contributed by atoms with van der Waals surface area (Å²) in [5.41, 5.74) is 0.283. The van der Waals surface area contributed by atoms with Gasteiger partial charge in [-0.1, -0.05) is 6.08 Å². The second-order valence-electron chi connectivity index (χ2n) is 3.22. The van der Waals surface area contributed by atoms with Crippen molar-refractivity contribution in [3.8, 4) is 0 Å². The van der Waals surface area contributed by atoms with Crippen LogP contribution >= 0.6 is 0 Å². The van der Waals surface area contributed by atoms with Crippen LogP contribution in [-0.2, 0) is 4.74 Å². The Morgan fingerprint density at radius 3 is 2.94 bits per heavy atom. The first-order chi connectivity index (χ1) is 8.27. The van der Waals surface area contributed by atoms with Crippen LogP contribution in [0.2, 0.25) is 0 Å². The van der Waals surface area contributed by atoms with E-state index in [4.69, 9.17) is 4.74 Å². The van der Waals surface area contributed by atoms with E-state index < -0.39 is 0 Å². The molecule has 17 heavy (non-hydrogen) atoms. The van der Waals surface area contributed by atoms with Gasteiger partial charge < -0.3 is 15.4 Å². The van der Waals surface area contributed by atoms with Crippen LogP contribution in [0.4, 0.5) is 5.82 Å². The highest BCUT2D eigenvalue weighted by atomic mass is 16.5. The monoisotopic (exact) mass is 236 g/mol. The molecular formula is C11H16N4O2. The van der Waals surface area contributed by atoms with Crippen molar-refractivity contribution in [2.24, 2.45) is 0 Å². The second kappa shape index (κ2) is 7.34. The number of anilines is 1. The minimum atomic E-state index is -0.259. The number of carbonyl (C=O) groups excluding carboxylic acids is 1. The van der Waals surface area contributed by atoms with Gasteiger partial charge in [0.15, 0.2) is 5.69 Å². The van der Waals surface area contributed by atoms with Crippen LogP contribution in [0.5, 0.6) is 0 Å². The normalized spacial score (nSPS) is 9.71. The van der Waals surface area contributed by atoms with E-state index in [0.29, 0.717) is 25.5 Å². The van der Waals surface area contributed by atoms with E-state index in [1.807, 2.05) is 0 Å². The molecule has 0 aliphatic heterocycles. The van der Waals surface area contributed by atoms with Gasteiger partial charge in [-0.15, -0.1) is 16.8 Å². The molecule has 0 fully saturated rings. The Labute approximate surface area is 100 Å². The summed E-state index contributed by atoms with van der Waals surface area (Å²) in [6.45, 7) is 5.10. The predicted molar refractivity (Wildman–Crippen MR) is 64.9 cm³/mol. The maximum atomic E-state index is 11.5. The third-order valence-corrected chi connectivity index (χ3v) is 1.92. The van der Waals surface area contributed by atoms with Crippen LogP contribution < -0.4 is 10.6 Å². The fourth-order valence-corrected chi connectivity index (χ4v) is 1.08. The number of rotatable bonds is 7. The summed E-state index contributed by atoms with van der Waals surface area (Å²) >= 11 is 0. The Bertz CT molecular complexity index is 364. The van der Waals surface area contributed by atoms with Crippen LogP contribution in [-0.4, -0.2) is 42.9 Å². The van der Waals surface area contributed by atoms with Gasteiger partial charge in [-0.3, -0.25) is 4.79 Å². The van der Waals surface area contributed by atoms with E-state index >= 15 is 0 Å². The minimum Gasteiger partial charge on any atom is -0.383 e. The summed E-state index contributed by atoms with van der Waals surface area (Å²) in [5.74, 6) is 0.350. The second-order valence-corrected chi connectivity index (χ2v) is 3.22. The summed E-state index contributed by atoms with van der Waals surface area (Å²) < 4.78 is 4.82. The molecule has 0 saturated heterocycles. The van der Waals surface area contributed by atoms with Gasteiger partial charge in [-0.05, 0) is 12.1 Å². The molecule has 0 aliphatic rings. The Hall–Kier alpha value is -1.95. The lowest BCUT2D eigenvalue weighted by Gasteiger charge is -2.04. The van der Waals surface area contributed by atoms with Gasteiger partial charge in [0.1, 0.15) is 5.82 Å². The zero-order chi connectivity index (χ0) is 12.5. The molecule has 6 nitrogen and oxygen atoms in total. The molecule has 92 valence electrons. The number of hydrogen-bond acceptors (Lipinski definition) is 5. The maximum Gasteiger partial charge on any atom is 0.271 e. The highest BCUT2D eigenvalue weighted by Crippen LogP contribution is 2.01. The number of nitrogens with zero attached hydrogens (tertiary/aromatic N) is 2. The fourth-order valence-electron chi connectivity index (χ4n) is 1.08. The maximum absolute atomic E-state index is 11.5. The SMILES string of the molecule is C=CCNc1ccc(C(=O)NCCOC)nn1. The van der Waals surface area contributed by atoms with Gasteiger partial charge in [-0.25, -0.2) is 0 Å². The lowest BCUT2D eigenvalue weighted by molar-refractivity contribution is 0.0931. The number of amides is 1. The quantitative estimate of drug-likeness (QED) is 0.531. The van der Waals surface area contributed by atoms with Crippen LogP contribution in [0.15, 0.2) is 24.8 Å². The van der Waals surface area contributed by atoms with Crippen molar-refractivity contribution in [2.45, 2.75) is 0 Å².